The second-order valence-corrected chi connectivity index (χ2v) is 6.58. The SMILES string of the molecule is C=C(C)C(=O)OC.C=CC(=O)OCC.CCCCCCCCCCCCS. The first-order valence-electron chi connectivity index (χ1n) is 10.0. The molecule has 0 saturated heterocycles. The standard InChI is InChI=1S/C12H26S.2C5H8O2/c1-2-3-4-5-6-7-8-9-10-11-12-13;1-4(2)5(6)7-3;1-3-5(6)7-4-2/h13H,2-12H2,1H3;1H2,2-3H3;3H,1,4H2,2H3. The van der Waals surface area contributed by atoms with E-state index in [1.807, 2.05) is 0 Å². The van der Waals surface area contributed by atoms with Crippen LogP contribution >= 0.6 is 12.6 Å². The Bertz CT molecular complexity index is 355. The van der Waals surface area contributed by atoms with E-state index in [0.29, 0.717) is 12.2 Å². The summed E-state index contributed by atoms with van der Waals surface area (Å²) in [6, 6.07) is 0. The van der Waals surface area contributed by atoms with Gasteiger partial charge in [-0.15, -0.1) is 0 Å². The highest BCUT2D eigenvalue weighted by molar-refractivity contribution is 7.80. The Morgan fingerprint density at radius 1 is 0.926 bits per heavy atom. The lowest BCUT2D eigenvalue weighted by atomic mass is 10.1. The molecule has 0 unspecified atom stereocenters. The van der Waals surface area contributed by atoms with Crippen LogP contribution in [0.25, 0.3) is 0 Å². The average Bonchev–Trinajstić information content (AvgIpc) is 2.67. The van der Waals surface area contributed by atoms with E-state index in [0.717, 1.165) is 11.8 Å². The molecule has 0 aromatic carbocycles. The van der Waals surface area contributed by atoms with Gasteiger partial charge in [0.15, 0.2) is 0 Å². The summed E-state index contributed by atoms with van der Waals surface area (Å²) in [5.74, 6) is 0.360. The van der Waals surface area contributed by atoms with Gasteiger partial charge < -0.3 is 9.47 Å². The quantitative estimate of drug-likeness (QED) is 0.170. The van der Waals surface area contributed by atoms with Crippen LogP contribution < -0.4 is 0 Å². The minimum absolute atomic E-state index is 0.347. The van der Waals surface area contributed by atoms with Crippen LogP contribution in [0, 0.1) is 0 Å². The highest BCUT2D eigenvalue weighted by Gasteiger charge is 1.95. The van der Waals surface area contributed by atoms with Crippen molar-refractivity contribution in [2.45, 2.75) is 85.0 Å². The van der Waals surface area contributed by atoms with Crippen molar-refractivity contribution in [1.82, 2.24) is 0 Å². The van der Waals surface area contributed by atoms with Gasteiger partial charge in [0.25, 0.3) is 0 Å². The van der Waals surface area contributed by atoms with Crippen LogP contribution in [0.1, 0.15) is 85.0 Å². The van der Waals surface area contributed by atoms with E-state index in [9.17, 15) is 9.59 Å². The molecular formula is C22H42O4S. The number of hydrogen-bond acceptors (Lipinski definition) is 5. The number of rotatable bonds is 13. The molecule has 4 nitrogen and oxygen atoms in total. The van der Waals surface area contributed by atoms with Gasteiger partial charge in [0.05, 0.1) is 13.7 Å². The third kappa shape index (κ3) is 32.9. The van der Waals surface area contributed by atoms with E-state index in [4.69, 9.17) is 0 Å². The molecule has 0 aliphatic heterocycles. The number of hydrogen-bond donors (Lipinski definition) is 1. The number of carbonyl (C=O) groups is 2. The molecule has 0 aliphatic rings. The Balaban J connectivity index is -0.000000350. The van der Waals surface area contributed by atoms with Crippen molar-refractivity contribution in [2.75, 3.05) is 19.5 Å². The zero-order chi connectivity index (χ0) is 21.3. The second kappa shape index (κ2) is 27.0. The third-order valence-corrected chi connectivity index (χ3v) is 3.82. The molecule has 0 spiro atoms. The van der Waals surface area contributed by atoms with Crippen molar-refractivity contribution >= 4 is 24.6 Å². The van der Waals surface area contributed by atoms with E-state index in [1.54, 1.807) is 13.8 Å². The lowest BCUT2D eigenvalue weighted by Crippen LogP contribution is -1.98. The van der Waals surface area contributed by atoms with Gasteiger partial charge >= 0.3 is 11.9 Å². The first-order valence-corrected chi connectivity index (χ1v) is 10.7. The number of methoxy groups -OCH3 is 1. The van der Waals surface area contributed by atoms with E-state index in [-0.39, 0.29) is 11.9 Å². The number of carbonyl (C=O) groups excluding carboxylic acids is 2. The first-order chi connectivity index (χ1) is 12.9. The Morgan fingerprint density at radius 3 is 1.59 bits per heavy atom. The fraction of sp³-hybridized carbons (Fsp3) is 0.727. The summed E-state index contributed by atoms with van der Waals surface area (Å²) in [5.41, 5.74) is 0.433. The summed E-state index contributed by atoms with van der Waals surface area (Å²) in [4.78, 5) is 20.3. The fourth-order valence-electron chi connectivity index (χ4n) is 1.97. The molecule has 0 aliphatic carbocycles. The molecule has 160 valence electrons. The zero-order valence-electron chi connectivity index (χ0n) is 18.1. The van der Waals surface area contributed by atoms with Gasteiger partial charge in [-0.3, -0.25) is 0 Å². The lowest BCUT2D eigenvalue weighted by molar-refractivity contribution is -0.137. The maximum absolute atomic E-state index is 10.2. The summed E-state index contributed by atoms with van der Waals surface area (Å²) < 4.78 is 8.71. The van der Waals surface area contributed by atoms with Gasteiger partial charge in [-0.05, 0) is 26.0 Å². The van der Waals surface area contributed by atoms with Gasteiger partial charge in [0.1, 0.15) is 0 Å². The van der Waals surface area contributed by atoms with E-state index >= 15 is 0 Å². The van der Waals surface area contributed by atoms with E-state index < -0.39 is 0 Å². The van der Waals surface area contributed by atoms with Crippen LogP contribution in [0.2, 0.25) is 0 Å². The molecule has 0 rings (SSSR count). The molecule has 0 fully saturated rings. The van der Waals surface area contributed by atoms with Gasteiger partial charge in [-0.2, -0.15) is 12.6 Å². The minimum Gasteiger partial charge on any atom is -0.466 e. The van der Waals surface area contributed by atoms with E-state index in [1.165, 1.54) is 71.3 Å². The fourth-order valence-corrected chi connectivity index (χ4v) is 2.20. The molecular weight excluding hydrogens is 360 g/mol. The molecule has 27 heavy (non-hydrogen) atoms. The van der Waals surface area contributed by atoms with Gasteiger partial charge in [-0.25, -0.2) is 9.59 Å². The van der Waals surface area contributed by atoms with Gasteiger partial charge in [-0.1, -0.05) is 77.9 Å². The summed E-state index contributed by atoms with van der Waals surface area (Å²) in [6.07, 6.45) is 15.3. The maximum Gasteiger partial charge on any atom is 0.332 e. The van der Waals surface area contributed by atoms with Crippen molar-refractivity contribution in [2.24, 2.45) is 0 Å². The smallest absolute Gasteiger partial charge is 0.332 e. The molecule has 0 radical (unpaired) electrons. The van der Waals surface area contributed by atoms with Crippen LogP contribution in [0.3, 0.4) is 0 Å². The van der Waals surface area contributed by atoms with Crippen LogP contribution in [-0.2, 0) is 19.1 Å². The largest absolute Gasteiger partial charge is 0.466 e. The number of unbranched alkanes of at least 4 members (excludes halogenated alkanes) is 9. The molecule has 0 heterocycles. The molecule has 0 aromatic heterocycles. The average molecular weight is 403 g/mol. The predicted molar refractivity (Wildman–Crippen MR) is 119 cm³/mol. The van der Waals surface area contributed by atoms with E-state index in [2.05, 4.69) is 42.2 Å². The highest BCUT2D eigenvalue weighted by atomic mass is 32.1. The van der Waals surface area contributed by atoms with Crippen LogP contribution in [0.15, 0.2) is 24.8 Å². The molecule has 0 amide bonds. The molecule has 5 heteroatoms. The summed E-state index contributed by atoms with van der Waals surface area (Å²) >= 11 is 4.20. The maximum atomic E-state index is 10.2. The normalized spacial score (nSPS) is 9.07. The number of ether oxygens (including phenoxy) is 2. The second-order valence-electron chi connectivity index (χ2n) is 6.13. The molecule has 0 N–H and O–H groups in total. The Labute approximate surface area is 173 Å². The topological polar surface area (TPSA) is 52.6 Å². The summed E-state index contributed by atoms with van der Waals surface area (Å²) in [6.45, 7) is 12.6. The molecule has 0 saturated carbocycles. The van der Waals surface area contributed by atoms with Crippen LogP contribution in [-0.4, -0.2) is 31.4 Å². The molecule has 0 aromatic rings. The predicted octanol–water partition coefficient (Wildman–Crippen LogP) is 6.31. The lowest BCUT2D eigenvalue weighted by Gasteiger charge is -2.00. The Kier molecular flexibility index (Phi) is 30.5. The summed E-state index contributed by atoms with van der Waals surface area (Å²) in [5, 5.41) is 0. The van der Waals surface area contributed by atoms with Crippen molar-refractivity contribution in [1.29, 1.82) is 0 Å². The third-order valence-electron chi connectivity index (χ3n) is 3.50. The van der Waals surface area contributed by atoms with Crippen LogP contribution in [0.4, 0.5) is 0 Å². The first kappa shape index (κ1) is 30.5. The Hall–Kier alpha value is -1.23. The monoisotopic (exact) mass is 402 g/mol. The summed E-state index contributed by atoms with van der Waals surface area (Å²) in [7, 11) is 1.33. The number of thiol groups is 1. The van der Waals surface area contributed by atoms with Crippen molar-refractivity contribution in [3.8, 4) is 0 Å². The van der Waals surface area contributed by atoms with Crippen molar-refractivity contribution in [3.63, 3.8) is 0 Å². The zero-order valence-corrected chi connectivity index (χ0v) is 19.0. The van der Waals surface area contributed by atoms with Crippen molar-refractivity contribution < 1.29 is 19.1 Å². The van der Waals surface area contributed by atoms with Crippen LogP contribution in [0.5, 0.6) is 0 Å². The molecule has 0 atom stereocenters. The number of esters is 2. The highest BCUT2D eigenvalue weighted by Crippen LogP contribution is 2.10. The van der Waals surface area contributed by atoms with Gasteiger partial charge in [0, 0.05) is 11.6 Å². The Morgan fingerprint density at radius 2 is 1.37 bits per heavy atom. The molecule has 0 bridgehead atoms. The van der Waals surface area contributed by atoms with Crippen molar-refractivity contribution in [3.05, 3.63) is 24.8 Å². The minimum atomic E-state index is -0.359. The van der Waals surface area contributed by atoms with Gasteiger partial charge in [0.2, 0.25) is 0 Å².